The summed E-state index contributed by atoms with van der Waals surface area (Å²) >= 11 is 6.06. The zero-order valence-electron chi connectivity index (χ0n) is 15.4. The molecule has 0 unspecified atom stereocenters. The van der Waals surface area contributed by atoms with Gasteiger partial charge in [0, 0.05) is 6.07 Å². The number of halogens is 1. The summed E-state index contributed by atoms with van der Waals surface area (Å²) in [6.45, 7) is 3.83. The van der Waals surface area contributed by atoms with Crippen molar-refractivity contribution in [1.29, 1.82) is 0 Å². The van der Waals surface area contributed by atoms with E-state index in [2.05, 4.69) is 0 Å². The predicted molar refractivity (Wildman–Crippen MR) is 105 cm³/mol. The highest BCUT2D eigenvalue weighted by atomic mass is 35.5. The summed E-state index contributed by atoms with van der Waals surface area (Å²) in [4.78, 5) is 24.6. The molecule has 146 valence electrons. The molecule has 0 radical (unpaired) electrons. The van der Waals surface area contributed by atoms with Crippen LogP contribution in [0.15, 0.2) is 57.9 Å². The van der Waals surface area contributed by atoms with Crippen molar-refractivity contribution in [3.8, 4) is 17.2 Å². The first-order chi connectivity index (χ1) is 13.5. The fraction of sp³-hybridized carbons (Fsp3) is 0.238. The van der Waals surface area contributed by atoms with Gasteiger partial charge in [0.1, 0.15) is 23.3 Å². The molecular formula is C21H19ClO6. The van der Waals surface area contributed by atoms with E-state index in [-0.39, 0.29) is 17.8 Å². The summed E-state index contributed by atoms with van der Waals surface area (Å²) in [7, 11) is 0. The quantitative estimate of drug-likeness (QED) is 0.520. The molecule has 2 aromatic carbocycles. The predicted octanol–water partition coefficient (Wildman–Crippen LogP) is 4.96. The van der Waals surface area contributed by atoms with Crippen LogP contribution in [0.4, 0.5) is 0 Å². The van der Waals surface area contributed by atoms with Gasteiger partial charge >= 0.3 is 5.97 Å². The molecule has 7 heteroatoms. The number of carbonyl (C=O) groups is 1. The van der Waals surface area contributed by atoms with Gasteiger partial charge in [-0.1, -0.05) is 30.7 Å². The van der Waals surface area contributed by atoms with Gasteiger partial charge in [-0.2, -0.15) is 0 Å². The van der Waals surface area contributed by atoms with E-state index in [0.29, 0.717) is 33.9 Å². The van der Waals surface area contributed by atoms with Crippen molar-refractivity contribution in [2.45, 2.75) is 26.4 Å². The smallest absolute Gasteiger partial charge is 0.347 e. The molecule has 0 saturated heterocycles. The third kappa shape index (κ3) is 4.28. The number of rotatable bonds is 7. The highest BCUT2D eigenvalue weighted by Crippen LogP contribution is 2.29. The molecule has 1 atom stereocenters. The van der Waals surface area contributed by atoms with Crippen LogP contribution in [0, 0.1) is 0 Å². The first-order valence-electron chi connectivity index (χ1n) is 8.84. The topological polar surface area (TPSA) is 75.0 Å². The Labute approximate surface area is 166 Å². The van der Waals surface area contributed by atoms with Gasteiger partial charge in [-0.05, 0) is 37.6 Å². The van der Waals surface area contributed by atoms with Crippen molar-refractivity contribution < 1.29 is 23.4 Å². The maximum atomic E-state index is 12.7. The Bertz CT molecular complexity index is 1040. The molecule has 28 heavy (non-hydrogen) atoms. The van der Waals surface area contributed by atoms with Crippen molar-refractivity contribution in [3.05, 3.63) is 64.0 Å². The average molecular weight is 403 g/mol. The summed E-state index contributed by atoms with van der Waals surface area (Å²) in [5, 5.41) is 0.705. The van der Waals surface area contributed by atoms with Crippen LogP contribution >= 0.6 is 11.6 Å². The van der Waals surface area contributed by atoms with Gasteiger partial charge in [0.05, 0.1) is 17.0 Å². The fourth-order valence-electron chi connectivity index (χ4n) is 2.58. The van der Waals surface area contributed by atoms with Gasteiger partial charge in [-0.3, -0.25) is 4.79 Å². The first-order valence-corrected chi connectivity index (χ1v) is 9.22. The molecule has 0 aliphatic heterocycles. The van der Waals surface area contributed by atoms with Crippen LogP contribution < -0.4 is 14.9 Å². The largest absolute Gasteiger partial charge is 0.479 e. The Kier molecular flexibility index (Phi) is 6.21. The summed E-state index contributed by atoms with van der Waals surface area (Å²) in [6, 6.07) is 11.5. The Morgan fingerprint density at radius 1 is 1.14 bits per heavy atom. The van der Waals surface area contributed by atoms with Gasteiger partial charge in [0.25, 0.3) is 0 Å². The molecule has 0 spiro atoms. The van der Waals surface area contributed by atoms with Crippen molar-refractivity contribution in [2.75, 3.05) is 6.61 Å². The molecule has 6 nitrogen and oxygen atoms in total. The molecule has 0 amide bonds. The minimum absolute atomic E-state index is 0.0206. The third-order valence-corrected chi connectivity index (χ3v) is 4.28. The summed E-state index contributed by atoms with van der Waals surface area (Å²) in [5.74, 6) is 0.341. The molecule has 0 aliphatic carbocycles. The van der Waals surface area contributed by atoms with E-state index in [4.69, 9.17) is 30.2 Å². The second kappa shape index (κ2) is 8.80. The van der Waals surface area contributed by atoms with E-state index >= 15 is 0 Å². The molecule has 3 rings (SSSR count). The zero-order valence-corrected chi connectivity index (χ0v) is 16.2. The number of benzene rings is 2. The number of carbonyl (C=O) groups excluding carboxylic acids is 1. The van der Waals surface area contributed by atoms with E-state index in [1.54, 1.807) is 49.4 Å². The molecule has 0 N–H and O–H groups in total. The van der Waals surface area contributed by atoms with Crippen molar-refractivity contribution >= 4 is 28.5 Å². The van der Waals surface area contributed by atoms with Crippen LogP contribution in [-0.4, -0.2) is 18.7 Å². The lowest BCUT2D eigenvalue weighted by atomic mass is 10.2. The number of para-hydroxylation sites is 1. The minimum Gasteiger partial charge on any atom is -0.479 e. The lowest BCUT2D eigenvalue weighted by molar-refractivity contribution is -0.151. The summed E-state index contributed by atoms with van der Waals surface area (Å²) < 4.78 is 21.8. The molecule has 1 heterocycles. The molecule has 0 fully saturated rings. The number of hydrogen-bond acceptors (Lipinski definition) is 6. The van der Waals surface area contributed by atoms with Gasteiger partial charge in [-0.15, -0.1) is 0 Å². The van der Waals surface area contributed by atoms with E-state index in [1.165, 1.54) is 6.26 Å². The Morgan fingerprint density at radius 3 is 2.64 bits per heavy atom. The number of fused-ring (bicyclic) bond motifs is 1. The van der Waals surface area contributed by atoms with Crippen LogP contribution in [0.5, 0.6) is 17.2 Å². The number of hydrogen-bond donors (Lipinski definition) is 0. The van der Waals surface area contributed by atoms with Crippen LogP contribution in [0.1, 0.15) is 20.3 Å². The molecule has 1 aromatic heterocycles. The standard InChI is InChI=1S/C21H19ClO6/c1-3-16(21(24)25-4-2)27-13-9-10-14-18(11-13)26-12-19(20(14)23)28-17-8-6-5-7-15(17)22/h5-12,16H,3-4H2,1-2H3/t16-/m1/s1. The Morgan fingerprint density at radius 2 is 1.93 bits per heavy atom. The average Bonchev–Trinajstić information content (AvgIpc) is 2.70. The lowest BCUT2D eigenvalue weighted by Crippen LogP contribution is -2.28. The molecule has 0 saturated carbocycles. The van der Waals surface area contributed by atoms with E-state index in [0.717, 1.165) is 0 Å². The highest BCUT2D eigenvalue weighted by Gasteiger charge is 2.20. The molecule has 0 aliphatic rings. The SMILES string of the molecule is CCOC(=O)[C@@H](CC)Oc1ccc2c(=O)c(Oc3ccccc3Cl)coc2c1. The van der Waals surface area contributed by atoms with Gasteiger partial charge < -0.3 is 18.6 Å². The summed E-state index contributed by atoms with van der Waals surface area (Å²) in [5.41, 5.74) is -0.0297. The maximum Gasteiger partial charge on any atom is 0.347 e. The van der Waals surface area contributed by atoms with Gasteiger partial charge in [0.15, 0.2) is 6.10 Å². The monoisotopic (exact) mass is 402 g/mol. The van der Waals surface area contributed by atoms with Crippen LogP contribution in [0.25, 0.3) is 11.0 Å². The van der Waals surface area contributed by atoms with Crippen molar-refractivity contribution in [3.63, 3.8) is 0 Å². The second-order valence-corrected chi connectivity index (χ2v) is 6.29. The number of esters is 1. The lowest BCUT2D eigenvalue weighted by Gasteiger charge is -2.16. The summed E-state index contributed by atoms with van der Waals surface area (Å²) in [6.07, 6.45) is 0.943. The molecular weight excluding hydrogens is 384 g/mol. The minimum atomic E-state index is -0.730. The van der Waals surface area contributed by atoms with E-state index < -0.39 is 12.1 Å². The Balaban J connectivity index is 1.87. The maximum absolute atomic E-state index is 12.7. The van der Waals surface area contributed by atoms with Crippen LogP contribution in [-0.2, 0) is 9.53 Å². The van der Waals surface area contributed by atoms with Crippen LogP contribution in [0.3, 0.4) is 0 Å². The van der Waals surface area contributed by atoms with E-state index in [9.17, 15) is 9.59 Å². The number of ether oxygens (including phenoxy) is 3. The van der Waals surface area contributed by atoms with Gasteiger partial charge in [-0.25, -0.2) is 4.79 Å². The Hall–Kier alpha value is -2.99. The van der Waals surface area contributed by atoms with Crippen LogP contribution in [0.2, 0.25) is 5.02 Å². The highest BCUT2D eigenvalue weighted by molar-refractivity contribution is 6.32. The molecule has 0 bridgehead atoms. The van der Waals surface area contributed by atoms with Crippen molar-refractivity contribution in [2.24, 2.45) is 0 Å². The fourth-order valence-corrected chi connectivity index (χ4v) is 2.75. The second-order valence-electron chi connectivity index (χ2n) is 5.89. The molecule has 3 aromatic rings. The van der Waals surface area contributed by atoms with Gasteiger partial charge in [0.2, 0.25) is 11.2 Å². The first kappa shape index (κ1) is 19.8. The van der Waals surface area contributed by atoms with E-state index in [1.807, 2.05) is 6.92 Å². The van der Waals surface area contributed by atoms with Crippen molar-refractivity contribution in [1.82, 2.24) is 0 Å². The third-order valence-electron chi connectivity index (χ3n) is 3.97. The normalized spacial score (nSPS) is 11.8. The zero-order chi connectivity index (χ0) is 20.1.